The fourth-order valence-electron chi connectivity index (χ4n) is 2.49. The summed E-state index contributed by atoms with van der Waals surface area (Å²) in [4.78, 5) is 11.0. The van der Waals surface area contributed by atoms with E-state index in [0.717, 1.165) is 28.4 Å². The minimum Gasteiger partial charge on any atom is -0.494 e. The Labute approximate surface area is 135 Å². The van der Waals surface area contributed by atoms with Crippen LogP contribution in [0.2, 0.25) is 0 Å². The van der Waals surface area contributed by atoms with E-state index in [-0.39, 0.29) is 5.57 Å². The van der Waals surface area contributed by atoms with Crippen LogP contribution in [0.1, 0.15) is 23.9 Å². The first-order valence-electron chi connectivity index (χ1n) is 7.25. The normalized spacial score (nSPS) is 11.1. The van der Waals surface area contributed by atoms with Crippen molar-refractivity contribution in [1.82, 2.24) is 4.57 Å². The number of aliphatic carboxylic acids is 1. The molecule has 0 aliphatic rings. The molecule has 0 atom stereocenters. The van der Waals surface area contributed by atoms with Crippen LogP contribution in [0.25, 0.3) is 11.8 Å². The second-order valence-corrected chi connectivity index (χ2v) is 5.06. The summed E-state index contributed by atoms with van der Waals surface area (Å²) in [7, 11) is 0. The molecule has 0 saturated heterocycles. The van der Waals surface area contributed by atoms with Crippen molar-refractivity contribution in [2.24, 2.45) is 0 Å². The number of rotatable bonds is 5. The maximum Gasteiger partial charge on any atom is 0.346 e. The molecule has 1 heterocycles. The fourth-order valence-corrected chi connectivity index (χ4v) is 2.49. The number of carbonyl (C=O) groups is 1. The predicted octanol–water partition coefficient (Wildman–Crippen LogP) is 3.48. The molecule has 5 heteroatoms. The van der Waals surface area contributed by atoms with E-state index in [2.05, 4.69) is 0 Å². The summed E-state index contributed by atoms with van der Waals surface area (Å²) in [5, 5.41) is 17.9. The van der Waals surface area contributed by atoms with Crippen molar-refractivity contribution in [1.29, 1.82) is 5.26 Å². The number of hydrogen-bond donors (Lipinski definition) is 1. The highest BCUT2D eigenvalue weighted by atomic mass is 16.5. The Balaban J connectivity index is 2.46. The van der Waals surface area contributed by atoms with E-state index in [0.29, 0.717) is 6.61 Å². The lowest BCUT2D eigenvalue weighted by Gasteiger charge is -2.11. The summed E-state index contributed by atoms with van der Waals surface area (Å²) in [5.41, 5.74) is 3.23. The lowest BCUT2D eigenvalue weighted by molar-refractivity contribution is -0.132. The number of carboxylic acids is 1. The summed E-state index contributed by atoms with van der Waals surface area (Å²) in [6.45, 7) is 6.38. The van der Waals surface area contributed by atoms with Gasteiger partial charge in [-0.25, -0.2) is 4.79 Å². The Hall–Kier alpha value is -3.00. The van der Waals surface area contributed by atoms with Crippen molar-refractivity contribution >= 4 is 12.0 Å². The number of ether oxygens (including phenoxy) is 1. The smallest absolute Gasteiger partial charge is 0.346 e. The second kappa shape index (κ2) is 6.84. The zero-order chi connectivity index (χ0) is 17.0. The average Bonchev–Trinajstić information content (AvgIpc) is 2.80. The van der Waals surface area contributed by atoms with Gasteiger partial charge in [0.1, 0.15) is 17.4 Å². The topological polar surface area (TPSA) is 75.2 Å². The first-order valence-corrected chi connectivity index (χ1v) is 7.25. The van der Waals surface area contributed by atoms with Gasteiger partial charge in [-0.2, -0.15) is 5.26 Å². The molecule has 1 aromatic carbocycles. The number of aromatic nitrogens is 1. The minimum atomic E-state index is -1.22. The molecule has 0 radical (unpaired) electrons. The summed E-state index contributed by atoms with van der Waals surface area (Å²) in [6, 6.07) is 11.2. The quantitative estimate of drug-likeness (QED) is 0.677. The van der Waals surface area contributed by atoms with Gasteiger partial charge < -0.3 is 14.4 Å². The molecule has 23 heavy (non-hydrogen) atoms. The van der Waals surface area contributed by atoms with Crippen LogP contribution in [0.15, 0.2) is 35.9 Å². The van der Waals surface area contributed by atoms with Crippen molar-refractivity contribution in [3.05, 3.63) is 52.9 Å². The van der Waals surface area contributed by atoms with Gasteiger partial charge in [-0.1, -0.05) is 0 Å². The van der Waals surface area contributed by atoms with Gasteiger partial charge in [0.25, 0.3) is 0 Å². The van der Waals surface area contributed by atoms with Crippen molar-refractivity contribution < 1.29 is 14.6 Å². The van der Waals surface area contributed by atoms with Crippen molar-refractivity contribution in [2.75, 3.05) is 6.61 Å². The summed E-state index contributed by atoms with van der Waals surface area (Å²) in [6.07, 6.45) is 1.40. The molecule has 0 bridgehead atoms. The fraction of sp³-hybridized carbons (Fsp3) is 0.222. The van der Waals surface area contributed by atoms with E-state index in [9.17, 15) is 4.79 Å². The molecule has 2 rings (SSSR count). The van der Waals surface area contributed by atoms with E-state index in [1.807, 2.05) is 55.7 Å². The van der Waals surface area contributed by atoms with Crippen LogP contribution in [0.4, 0.5) is 0 Å². The van der Waals surface area contributed by atoms with Gasteiger partial charge in [-0.3, -0.25) is 0 Å². The Kier molecular flexibility index (Phi) is 4.87. The first-order chi connectivity index (χ1) is 11.0. The van der Waals surface area contributed by atoms with E-state index in [4.69, 9.17) is 15.1 Å². The minimum absolute atomic E-state index is 0.281. The van der Waals surface area contributed by atoms with E-state index < -0.39 is 5.97 Å². The molecule has 0 aliphatic heterocycles. The zero-order valence-electron chi connectivity index (χ0n) is 13.3. The van der Waals surface area contributed by atoms with Gasteiger partial charge in [0.2, 0.25) is 0 Å². The second-order valence-electron chi connectivity index (χ2n) is 5.06. The lowest BCUT2D eigenvalue weighted by atomic mass is 10.1. The molecule has 0 saturated carbocycles. The van der Waals surface area contributed by atoms with Gasteiger partial charge in [0, 0.05) is 17.1 Å². The molecule has 118 valence electrons. The largest absolute Gasteiger partial charge is 0.494 e. The third kappa shape index (κ3) is 3.43. The number of aryl methyl sites for hydroxylation is 1. The number of carboxylic acid groups (broad SMARTS) is 1. The summed E-state index contributed by atoms with van der Waals surface area (Å²) < 4.78 is 7.45. The highest BCUT2D eigenvalue weighted by molar-refractivity contribution is 5.96. The molecule has 1 N–H and O–H groups in total. The molecule has 2 aromatic rings. The number of nitrogens with zero attached hydrogens (tertiary/aromatic N) is 2. The van der Waals surface area contributed by atoms with Crippen molar-refractivity contribution in [3.63, 3.8) is 0 Å². The molecular weight excluding hydrogens is 292 g/mol. The van der Waals surface area contributed by atoms with Crippen molar-refractivity contribution in [3.8, 4) is 17.5 Å². The van der Waals surface area contributed by atoms with Crippen LogP contribution in [0.3, 0.4) is 0 Å². The first kappa shape index (κ1) is 16.4. The van der Waals surface area contributed by atoms with Crippen LogP contribution < -0.4 is 4.74 Å². The number of benzene rings is 1. The van der Waals surface area contributed by atoms with Gasteiger partial charge in [-0.05, 0) is 62.7 Å². The van der Waals surface area contributed by atoms with Crippen LogP contribution >= 0.6 is 0 Å². The maximum absolute atomic E-state index is 11.0. The third-order valence-electron chi connectivity index (χ3n) is 3.53. The Bertz CT molecular complexity index is 793. The van der Waals surface area contributed by atoms with E-state index >= 15 is 0 Å². The van der Waals surface area contributed by atoms with Gasteiger partial charge in [0.15, 0.2) is 0 Å². The van der Waals surface area contributed by atoms with Crippen LogP contribution in [-0.4, -0.2) is 22.2 Å². The maximum atomic E-state index is 11.0. The number of hydrogen-bond acceptors (Lipinski definition) is 3. The van der Waals surface area contributed by atoms with Crippen LogP contribution in [-0.2, 0) is 4.79 Å². The van der Waals surface area contributed by atoms with Gasteiger partial charge >= 0.3 is 5.97 Å². The van der Waals surface area contributed by atoms with Crippen molar-refractivity contribution in [2.45, 2.75) is 20.8 Å². The molecule has 0 amide bonds. The third-order valence-corrected chi connectivity index (χ3v) is 3.53. The SMILES string of the molecule is CCOc1ccc(-n2c(C)cc(C=C(C#N)C(=O)O)c2C)cc1. The monoisotopic (exact) mass is 310 g/mol. The molecule has 0 spiro atoms. The summed E-state index contributed by atoms with van der Waals surface area (Å²) in [5.74, 6) is -0.421. The predicted molar refractivity (Wildman–Crippen MR) is 87.6 cm³/mol. The molecular formula is C18H18N2O3. The molecule has 5 nitrogen and oxygen atoms in total. The van der Waals surface area contributed by atoms with E-state index in [1.54, 1.807) is 6.07 Å². The molecule has 1 aromatic heterocycles. The molecule has 0 unspecified atom stereocenters. The van der Waals surface area contributed by atoms with Crippen LogP contribution in [0, 0.1) is 25.2 Å². The average molecular weight is 310 g/mol. The Morgan fingerprint density at radius 2 is 2.00 bits per heavy atom. The van der Waals surface area contributed by atoms with Gasteiger partial charge in [0.05, 0.1) is 6.61 Å². The Morgan fingerprint density at radius 3 is 2.52 bits per heavy atom. The highest BCUT2D eigenvalue weighted by Crippen LogP contribution is 2.24. The van der Waals surface area contributed by atoms with Crippen LogP contribution in [0.5, 0.6) is 5.75 Å². The highest BCUT2D eigenvalue weighted by Gasteiger charge is 2.12. The number of nitriles is 1. The Morgan fingerprint density at radius 1 is 1.35 bits per heavy atom. The molecule has 0 fully saturated rings. The standard InChI is InChI=1S/C18H18N2O3/c1-4-23-17-7-5-16(6-8-17)20-12(2)9-14(13(20)3)10-15(11-19)18(21)22/h5-10H,4H2,1-3H3,(H,21,22). The van der Waals surface area contributed by atoms with Gasteiger partial charge in [-0.15, -0.1) is 0 Å². The van der Waals surface area contributed by atoms with E-state index in [1.165, 1.54) is 6.08 Å². The zero-order valence-corrected chi connectivity index (χ0v) is 13.3. The molecule has 0 aliphatic carbocycles. The summed E-state index contributed by atoms with van der Waals surface area (Å²) >= 11 is 0. The lowest BCUT2D eigenvalue weighted by Crippen LogP contribution is -2.00.